The van der Waals surface area contributed by atoms with Gasteiger partial charge >= 0.3 is 0 Å². The van der Waals surface area contributed by atoms with Gasteiger partial charge < -0.3 is 15.4 Å². The number of rotatable bonds is 5. The van der Waals surface area contributed by atoms with Crippen LogP contribution in [0.5, 0.6) is 0 Å². The molecule has 0 atom stereocenters. The van der Waals surface area contributed by atoms with E-state index in [0.29, 0.717) is 5.92 Å². The predicted molar refractivity (Wildman–Crippen MR) is 72.4 cm³/mol. The topological polar surface area (TPSA) is 38.5 Å². The highest BCUT2D eigenvalue weighted by Gasteiger charge is 2.19. The molecule has 2 N–H and O–H groups in total. The molecular formula is C14H22N2O. The molecule has 0 unspecified atom stereocenters. The second kappa shape index (κ2) is 5.41. The Kier molecular flexibility index (Phi) is 3.89. The molecule has 0 saturated carbocycles. The van der Waals surface area contributed by atoms with Crippen LogP contribution in [0.15, 0.2) is 18.2 Å². The zero-order valence-corrected chi connectivity index (χ0v) is 10.8. The van der Waals surface area contributed by atoms with E-state index in [1.54, 1.807) is 0 Å². The number of ether oxygens (including phenoxy) is 1. The highest BCUT2D eigenvalue weighted by Crippen LogP contribution is 2.31. The largest absolute Gasteiger partial charge is 0.398 e. The van der Waals surface area contributed by atoms with E-state index >= 15 is 0 Å². The van der Waals surface area contributed by atoms with E-state index in [9.17, 15) is 0 Å². The summed E-state index contributed by atoms with van der Waals surface area (Å²) in [5, 5.41) is 0. The van der Waals surface area contributed by atoms with E-state index in [4.69, 9.17) is 10.5 Å². The lowest BCUT2D eigenvalue weighted by atomic mass is 10.1. The van der Waals surface area contributed by atoms with Crippen molar-refractivity contribution in [2.45, 2.75) is 20.3 Å². The Morgan fingerprint density at radius 3 is 3.00 bits per heavy atom. The quantitative estimate of drug-likeness (QED) is 0.627. The summed E-state index contributed by atoms with van der Waals surface area (Å²) in [6.45, 7) is 8.01. The number of hydrogen-bond acceptors (Lipinski definition) is 3. The van der Waals surface area contributed by atoms with Crippen molar-refractivity contribution in [2.24, 2.45) is 5.92 Å². The third kappa shape index (κ3) is 2.91. The van der Waals surface area contributed by atoms with Gasteiger partial charge in [0.2, 0.25) is 0 Å². The van der Waals surface area contributed by atoms with Crippen molar-refractivity contribution in [3.05, 3.63) is 23.8 Å². The molecule has 1 aromatic carbocycles. The van der Waals surface area contributed by atoms with Gasteiger partial charge in [0.1, 0.15) is 0 Å². The molecule has 3 heteroatoms. The number of fused-ring (bicyclic) bond motifs is 1. The van der Waals surface area contributed by atoms with E-state index < -0.39 is 0 Å². The Balaban J connectivity index is 1.87. The van der Waals surface area contributed by atoms with Gasteiger partial charge in [-0.1, -0.05) is 19.9 Å². The average Bonchev–Trinajstić information content (AvgIpc) is 2.69. The first-order valence-electron chi connectivity index (χ1n) is 6.38. The summed E-state index contributed by atoms with van der Waals surface area (Å²) < 4.78 is 5.63. The zero-order valence-electron chi connectivity index (χ0n) is 10.8. The first-order valence-corrected chi connectivity index (χ1v) is 6.38. The Bertz CT molecular complexity index is 376. The van der Waals surface area contributed by atoms with Crippen molar-refractivity contribution in [2.75, 3.05) is 36.9 Å². The SMILES string of the molecule is CC(C)COCCN1CCc2c(N)cccc21. The first kappa shape index (κ1) is 12.2. The van der Waals surface area contributed by atoms with Crippen molar-refractivity contribution in [3.8, 4) is 0 Å². The van der Waals surface area contributed by atoms with E-state index in [-0.39, 0.29) is 0 Å². The molecule has 0 fully saturated rings. The summed E-state index contributed by atoms with van der Waals surface area (Å²) >= 11 is 0. The molecule has 0 aromatic heterocycles. The molecule has 0 radical (unpaired) electrons. The molecule has 3 nitrogen and oxygen atoms in total. The van der Waals surface area contributed by atoms with Crippen molar-refractivity contribution >= 4 is 11.4 Å². The number of nitrogens with two attached hydrogens (primary N) is 1. The molecule has 0 bridgehead atoms. The van der Waals surface area contributed by atoms with Crippen LogP contribution in [0.25, 0.3) is 0 Å². The van der Waals surface area contributed by atoms with Gasteiger partial charge in [-0.2, -0.15) is 0 Å². The van der Waals surface area contributed by atoms with Crippen LogP contribution in [0.1, 0.15) is 19.4 Å². The highest BCUT2D eigenvalue weighted by molar-refractivity contribution is 5.68. The molecule has 1 heterocycles. The summed E-state index contributed by atoms with van der Waals surface area (Å²) in [5.74, 6) is 0.608. The van der Waals surface area contributed by atoms with Gasteiger partial charge in [-0.05, 0) is 24.5 Å². The van der Waals surface area contributed by atoms with Gasteiger partial charge in [-0.15, -0.1) is 0 Å². The van der Waals surface area contributed by atoms with Crippen LogP contribution >= 0.6 is 0 Å². The van der Waals surface area contributed by atoms with Crippen molar-refractivity contribution < 1.29 is 4.74 Å². The monoisotopic (exact) mass is 234 g/mol. The maximum absolute atomic E-state index is 5.97. The molecule has 17 heavy (non-hydrogen) atoms. The maximum atomic E-state index is 5.97. The third-order valence-corrected chi connectivity index (χ3v) is 3.12. The third-order valence-electron chi connectivity index (χ3n) is 3.12. The van der Waals surface area contributed by atoms with Gasteiger partial charge in [0.25, 0.3) is 0 Å². The lowest BCUT2D eigenvalue weighted by Crippen LogP contribution is -2.25. The molecule has 0 spiro atoms. The van der Waals surface area contributed by atoms with E-state index in [2.05, 4.69) is 24.8 Å². The first-order chi connectivity index (χ1) is 8.18. The summed E-state index contributed by atoms with van der Waals surface area (Å²) in [4.78, 5) is 2.37. The lowest BCUT2D eigenvalue weighted by Gasteiger charge is -2.19. The number of anilines is 2. The average molecular weight is 234 g/mol. The molecule has 1 aliphatic heterocycles. The van der Waals surface area contributed by atoms with E-state index in [1.807, 2.05) is 12.1 Å². The fourth-order valence-corrected chi connectivity index (χ4v) is 2.25. The molecule has 0 aliphatic carbocycles. The number of nitrogen functional groups attached to an aromatic ring is 1. The van der Waals surface area contributed by atoms with E-state index in [1.165, 1.54) is 11.3 Å². The molecule has 1 aromatic rings. The summed E-state index contributed by atoms with van der Waals surface area (Å²) in [6.07, 6.45) is 1.06. The van der Waals surface area contributed by atoms with Crippen LogP contribution in [-0.2, 0) is 11.2 Å². The normalized spacial score (nSPS) is 14.4. The molecular weight excluding hydrogens is 212 g/mol. The van der Waals surface area contributed by atoms with Crippen LogP contribution in [0.4, 0.5) is 11.4 Å². The Hall–Kier alpha value is -1.22. The van der Waals surface area contributed by atoms with Gasteiger partial charge in [0.05, 0.1) is 6.61 Å². The van der Waals surface area contributed by atoms with Gasteiger partial charge in [-0.3, -0.25) is 0 Å². The number of benzene rings is 1. The Morgan fingerprint density at radius 1 is 1.41 bits per heavy atom. The minimum atomic E-state index is 0.608. The molecule has 2 rings (SSSR count). The summed E-state index contributed by atoms with van der Waals surface area (Å²) in [6, 6.07) is 6.17. The number of nitrogens with zero attached hydrogens (tertiary/aromatic N) is 1. The van der Waals surface area contributed by atoms with Crippen molar-refractivity contribution in [3.63, 3.8) is 0 Å². The Labute approximate surface area is 104 Å². The maximum Gasteiger partial charge on any atom is 0.0641 e. The minimum absolute atomic E-state index is 0.608. The standard InChI is InChI=1S/C14H22N2O/c1-11(2)10-17-9-8-16-7-6-12-13(15)4-3-5-14(12)16/h3-5,11H,6-10,15H2,1-2H3. The Morgan fingerprint density at radius 2 is 2.24 bits per heavy atom. The summed E-state index contributed by atoms with van der Waals surface area (Å²) in [7, 11) is 0. The second-order valence-electron chi connectivity index (χ2n) is 5.05. The van der Waals surface area contributed by atoms with Crippen LogP contribution in [0.2, 0.25) is 0 Å². The van der Waals surface area contributed by atoms with Crippen molar-refractivity contribution in [1.29, 1.82) is 0 Å². The van der Waals surface area contributed by atoms with Crippen LogP contribution in [0, 0.1) is 5.92 Å². The predicted octanol–water partition coefficient (Wildman–Crippen LogP) is 2.30. The minimum Gasteiger partial charge on any atom is -0.398 e. The molecule has 0 amide bonds. The smallest absolute Gasteiger partial charge is 0.0641 e. The van der Waals surface area contributed by atoms with Gasteiger partial charge in [0.15, 0.2) is 0 Å². The molecule has 1 aliphatic rings. The van der Waals surface area contributed by atoms with Crippen LogP contribution in [0.3, 0.4) is 0 Å². The summed E-state index contributed by atoms with van der Waals surface area (Å²) in [5.41, 5.74) is 9.49. The number of hydrogen-bond donors (Lipinski definition) is 1. The fourth-order valence-electron chi connectivity index (χ4n) is 2.25. The van der Waals surface area contributed by atoms with Crippen LogP contribution in [-0.4, -0.2) is 26.3 Å². The van der Waals surface area contributed by atoms with Crippen LogP contribution < -0.4 is 10.6 Å². The fraction of sp³-hybridized carbons (Fsp3) is 0.571. The van der Waals surface area contributed by atoms with E-state index in [0.717, 1.165) is 38.4 Å². The molecule has 0 saturated heterocycles. The van der Waals surface area contributed by atoms with Gasteiger partial charge in [0, 0.05) is 36.6 Å². The van der Waals surface area contributed by atoms with Crippen molar-refractivity contribution in [1.82, 2.24) is 0 Å². The van der Waals surface area contributed by atoms with Gasteiger partial charge in [-0.25, -0.2) is 0 Å². The highest BCUT2D eigenvalue weighted by atomic mass is 16.5. The molecule has 94 valence electrons. The zero-order chi connectivity index (χ0) is 12.3. The second-order valence-corrected chi connectivity index (χ2v) is 5.05. The lowest BCUT2D eigenvalue weighted by molar-refractivity contribution is 0.115.